The van der Waals surface area contributed by atoms with Crippen LogP contribution in [0.15, 0.2) is 24.3 Å². The Morgan fingerprint density at radius 3 is 2.90 bits per heavy atom. The van der Waals surface area contributed by atoms with Gasteiger partial charge in [0.1, 0.15) is 5.82 Å². The summed E-state index contributed by atoms with van der Waals surface area (Å²) in [5.74, 6) is 0.0822. The molecule has 1 aliphatic heterocycles. The summed E-state index contributed by atoms with van der Waals surface area (Å²) in [6, 6.07) is 6.20. The first-order valence-corrected chi connectivity index (χ1v) is 7.13. The summed E-state index contributed by atoms with van der Waals surface area (Å²) in [6.45, 7) is 2.25. The van der Waals surface area contributed by atoms with Crippen molar-refractivity contribution in [1.29, 1.82) is 0 Å². The van der Waals surface area contributed by atoms with Crippen molar-refractivity contribution in [2.75, 3.05) is 25.1 Å². The number of hydrogen-bond donors (Lipinski definition) is 1. The normalized spacial score (nSPS) is 21.8. The molecule has 2 aliphatic rings. The molecule has 5 heteroatoms. The molecule has 1 aliphatic carbocycles. The zero-order valence-corrected chi connectivity index (χ0v) is 11.3. The fourth-order valence-corrected chi connectivity index (χ4v) is 2.55. The molecule has 0 bridgehead atoms. The standard InChI is InChI=1S/C15H19FN2O2/c16-12-2-1-3-13(8-12)17-15(19)18(14-4-5-14)9-11-6-7-20-10-11/h1-3,8,11,14H,4-7,9-10H2,(H,17,19). The first-order chi connectivity index (χ1) is 9.72. The fraction of sp³-hybridized carbons (Fsp3) is 0.533. The van der Waals surface area contributed by atoms with Gasteiger partial charge in [-0.2, -0.15) is 0 Å². The van der Waals surface area contributed by atoms with E-state index < -0.39 is 0 Å². The molecule has 0 spiro atoms. The van der Waals surface area contributed by atoms with Crippen LogP contribution in [0.4, 0.5) is 14.9 Å². The van der Waals surface area contributed by atoms with E-state index in [1.54, 1.807) is 12.1 Å². The van der Waals surface area contributed by atoms with Gasteiger partial charge in [0.2, 0.25) is 0 Å². The van der Waals surface area contributed by atoms with Crippen LogP contribution in [0.3, 0.4) is 0 Å². The van der Waals surface area contributed by atoms with Gasteiger partial charge < -0.3 is 15.0 Å². The first kappa shape index (κ1) is 13.4. The number of benzene rings is 1. The maximum Gasteiger partial charge on any atom is 0.322 e. The number of nitrogens with one attached hydrogen (secondary N) is 1. The van der Waals surface area contributed by atoms with E-state index in [9.17, 15) is 9.18 Å². The van der Waals surface area contributed by atoms with Gasteiger partial charge in [-0.25, -0.2) is 9.18 Å². The van der Waals surface area contributed by atoms with Gasteiger partial charge in [0.15, 0.2) is 0 Å². The van der Waals surface area contributed by atoms with Gasteiger partial charge in [0.05, 0.1) is 6.61 Å². The van der Waals surface area contributed by atoms with Crippen molar-refractivity contribution in [3.8, 4) is 0 Å². The summed E-state index contributed by atoms with van der Waals surface area (Å²) in [5, 5.41) is 2.78. The number of nitrogens with zero attached hydrogens (tertiary/aromatic N) is 1. The Morgan fingerprint density at radius 2 is 2.25 bits per heavy atom. The van der Waals surface area contributed by atoms with Crippen LogP contribution in [0.25, 0.3) is 0 Å². The Morgan fingerprint density at radius 1 is 1.40 bits per heavy atom. The van der Waals surface area contributed by atoms with E-state index in [0.717, 1.165) is 39.0 Å². The predicted molar refractivity (Wildman–Crippen MR) is 74.1 cm³/mol. The molecule has 1 N–H and O–H groups in total. The van der Waals surface area contributed by atoms with Crippen molar-refractivity contribution in [3.05, 3.63) is 30.1 Å². The van der Waals surface area contributed by atoms with Gasteiger partial charge >= 0.3 is 6.03 Å². The number of amides is 2. The zero-order valence-electron chi connectivity index (χ0n) is 11.3. The van der Waals surface area contributed by atoms with E-state index in [1.807, 2.05) is 4.90 Å². The van der Waals surface area contributed by atoms with E-state index in [0.29, 0.717) is 17.6 Å². The molecule has 1 aromatic rings. The quantitative estimate of drug-likeness (QED) is 0.920. The number of urea groups is 1. The number of anilines is 1. The molecule has 1 saturated heterocycles. The smallest absolute Gasteiger partial charge is 0.322 e. The van der Waals surface area contributed by atoms with Gasteiger partial charge in [-0.3, -0.25) is 0 Å². The van der Waals surface area contributed by atoms with E-state index in [-0.39, 0.29) is 11.8 Å². The van der Waals surface area contributed by atoms with Crippen LogP contribution < -0.4 is 5.32 Å². The molecule has 0 aromatic heterocycles. The third-order valence-electron chi connectivity index (χ3n) is 3.80. The minimum atomic E-state index is -0.343. The molecule has 1 atom stereocenters. The lowest BCUT2D eigenvalue weighted by atomic mass is 10.1. The SMILES string of the molecule is O=C(Nc1cccc(F)c1)N(CC1CCOC1)C1CC1. The van der Waals surface area contributed by atoms with Crippen molar-refractivity contribution in [1.82, 2.24) is 4.90 Å². The van der Waals surface area contributed by atoms with Crippen molar-refractivity contribution < 1.29 is 13.9 Å². The van der Waals surface area contributed by atoms with Crippen molar-refractivity contribution in [2.45, 2.75) is 25.3 Å². The number of carbonyl (C=O) groups is 1. The highest BCUT2D eigenvalue weighted by atomic mass is 19.1. The van der Waals surface area contributed by atoms with E-state index in [2.05, 4.69) is 5.32 Å². The molecular formula is C15H19FN2O2. The molecule has 1 saturated carbocycles. The van der Waals surface area contributed by atoms with Crippen LogP contribution in [0, 0.1) is 11.7 Å². The number of hydrogen-bond acceptors (Lipinski definition) is 2. The second kappa shape index (κ2) is 5.79. The Kier molecular flexibility index (Phi) is 3.87. The van der Waals surface area contributed by atoms with Gasteiger partial charge in [-0.05, 0) is 37.5 Å². The van der Waals surface area contributed by atoms with Crippen LogP contribution in [0.2, 0.25) is 0 Å². The Hall–Kier alpha value is -1.62. The lowest BCUT2D eigenvalue weighted by Gasteiger charge is -2.25. The predicted octanol–water partition coefficient (Wildman–Crippen LogP) is 2.86. The van der Waals surface area contributed by atoms with Crippen LogP contribution >= 0.6 is 0 Å². The lowest BCUT2D eigenvalue weighted by molar-refractivity contribution is 0.167. The van der Waals surface area contributed by atoms with E-state index >= 15 is 0 Å². The average molecular weight is 278 g/mol. The molecule has 20 heavy (non-hydrogen) atoms. The summed E-state index contributed by atoms with van der Waals surface area (Å²) in [4.78, 5) is 14.2. The number of carbonyl (C=O) groups excluding carboxylic acids is 1. The van der Waals surface area contributed by atoms with Crippen molar-refractivity contribution in [2.24, 2.45) is 5.92 Å². The Labute approximate surface area is 117 Å². The zero-order chi connectivity index (χ0) is 13.9. The van der Waals surface area contributed by atoms with Crippen molar-refractivity contribution >= 4 is 11.7 Å². The summed E-state index contributed by atoms with van der Waals surface area (Å²) in [6.07, 6.45) is 3.13. The lowest BCUT2D eigenvalue weighted by Crippen LogP contribution is -2.40. The average Bonchev–Trinajstić information content (AvgIpc) is 3.12. The maximum atomic E-state index is 13.1. The molecule has 2 amide bonds. The molecule has 4 nitrogen and oxygen atoms in total. The Bertz CT molecular complexity index is 485. The third kappa shape index (κ3) is 3.28. The molecule has 1 aromatic carbocycles. The molecular weight excluding hydrogens is 259 g/mol. The minimum absolute atomic E-state index is 0.134. The number of halogens is 1. The summed E-state index contributed by atoms with van der Waals surface area (Å²) < 4.78 is 18.5. The van der Waals surface area contributed by atoms with Crippen LogP contribution in [-0.2, 0) is 4.74 Å². The summed E-state index contributed by atoms with van der Waals surface area (Å²) >= 11 is 0. The number of rotatable bonds is 4. The summed E-state index contributed by atoms with van der Waals surface area (Å²) in [7, 11) is 0. The molecule has 108 valence electrons. The molecule has 0 radical (unpaired) electrons. The van der Waals surface area contributed by atoms with Crippen LogP contribution in [0.1, 0.15) is 19.3 Å². The van der Waals surface area contributed by atoms with Gasteiger partial charge in [0.25, 0.3) is 0 Å². The monoisotopic (exact) mass is 278 g/mol. The molecule has 3 rings (SSSR count). The highest BCUT2D eigenvalue weighted by molar-refractivity contribution is 5.89. The van der Waals surface area contributed by atoms with Crippen LogP contribution in [0.5, 0.6) is 0 Å². The molecule has 1 unspecified atom stereocenters. The first-order valence-electron chi connectivity index (χ1n) is 7.13. The maximum absolute atomic E-state index is 13.1. The molecule has 1 heterocycles. The van der Waals surface area contributed by atoms with Gasteiger partial charge in [-0.15, -0.1) is 0 Å². The van der Waals surface area contributed by atoms with E-state index in [4.69, 9.17) is 4.74 Å². The number of ether oxygens (including phenoxy) is 1. The van der Waals surface area contributed by atoms with E-state index in [1.165, 1.54) is 12.1 Å². The highest BCUT2D eigenvalue weighted by Gasteiger charge is 2.34. The topological polar surface area (TPSA) is 41.6 Å². The third-order valence-corrected chi connectivity index (χ3v) is 3.80. The second-order valence-corrected chi connectivity index (χ2v) is 5.55. The summed E-state index contributed by atoms with van der Waals surface area (Å²) in [5.41, 5.74) is 0.503. The minimum Gasteiger partial charge on any atom is -0.381 e. The Balaban J connectivity index is 1.63. The second-order valence-electron chi connectivity index (χ2n) is 5.55. The van der Waals surface area contributed by atoms with Gasteiger partial charge in [-0.1, -0.05) is 6.07 Å². The fourth-order valence-electron chi connectivity index (χ4n) is 2.55. The largest absolute Gasteiger partial charge is 0.381 e. The van der Waals surface area contributed by atoms with Gasteiger partial charge in [0, 0.05) is 30.8 Å². The van der Waals surface area contributed by atoms with Crippen molar-refractivity contribution in [3.63, 3.8) is 0 Å². The highest BCUT2D eigenvalue weighted by Crippen LogP contribution is 2.29. The molecule has 2 fully saturated rings. The van der Waals surface area contributed by atoms with Crippen LogP contribution in [-0.4, -0.2) is 36.7 Å².